The molecule has 4 heteroatoms. The molecule has 0 aliphatic heterocycles. The molecule has 0 aliphatic carbocycles. The number of benzene rings is 2. The minimum Gasteiger partial charge on any atom is -0.496 e. The van der Waals surface area contributed by atoms with Gasteiger partial charge in [0.2, 0.25) is 0 Å². The first-order valence-electron chi connectivity index (χ1n) is 7.78. The lowest BCUT2D eigenvalue weighted by molar-refractivity contribution is -0.148. The van der Waals surface area contributed by atoms with Crippen LogP contribution in [0.4, 0.5) is 0 Å². The summed E-state index contributed by atoms with van der Waals surface area (Å²) in [6, 6.07) is 11.7. The van der Waals surface area contributed by atoms with Crippen molar-refractivity contribution >= 4 is 34.0 Å². The minimum atomic E-state index is -0.531. The van der Waals surface area contributed by atoms with Crippen molar-refractivity contribution in [2.75, 3.05) is 7.11 Å². The van der Waals surface area contributed by atoms with Crippen LogP contribution in [0.1, 0.15) is 26.3 Å². The van der Waals surface area contributed by atoms with Crippen molar-refractivity contribution in [2.24, 2.45) is 0 Å². The molecule has 0 unspecified atom stereocenters. The number of furan rings is 1. The highest BCUT2D eigenvalue weighted by Crippen LogP contribution is 2.36. The van der Waals surface area contributed by atoms with Gasteiger partial charge in [-0.15, -0.1) is 0 Å². The second kappa shape index (κ2) is 6.04. The summed E-state index contributed by atoms with van der Waals surface area (Å²) < 4.78 is 16.7. The van der Waals surface area contributed by atoms with Crippen LogP contribution >= 0.6 is 0 Å². The second-order valence-corrected chi connectivity index (χ2v) is 6.52. The number of para-hydroxylation sites is 1. The van der Waals surface area contributed by atoms with Crippen LogP contribution in [0.3, 0.4) is 0 Å². The molecule has 1 heterocycles. The summed E-state index contributed by atoms with van der Waals surface area (Å²) >= 11 is 0. The lowest BCUT2D eigenvalue weighted by atomic mass is 10.1. The summed E-state index contributed by atoms with van der Waals surface area (Å²) in [4.78, 5) is 12.0. The zero-order valence-electron chi connectivity index (χ0n) is 14.3. The molecular weight excluding hydrogens is 304 g/mol. The molecule has 0 radical (unpaired) electrons. The Morgan fingerprint density at radius 3 is 2.54 bits per heavy atom. The molecule has 0 amide bonds. The van der Waals surface area contributed by atoms with Crippen molar-refractivity contribution in [1.29, 1.82) is 0 Å². The Balaban J connectivity index is 2.09. The number of hydrogen-bond donors (Lipinski definition) is 0. The molecule has 3 aromatic rings. The van der Waals surface area contributed by atoms with E-state index in [2.05, 4.69) is 0 Å². The van der Waals surface area contributed by atoms with Gasteiger partial charge in [0.05, 0.1) is 12.7 Å². The molecule has 3 rings (SSSR count). The zero-order chi connectivity index (χ0) is 17.3. The van der Waals surface area contributed by atoms with Gasteiger partial charge in [-0.25, -0.2) is 4.79 Å². The third-order valence-electron chi connectivity index (χ3n) is 3.56. The van der Waals surface area contributed by atoms with Gasteiger partial charge in [-0.05, 0) is 45.0 Å². The van der Waals surface area contributed by atoms with E-state index in [-0.39, 0.29) is 0 Å². The van der Waals surface area contributed by atoms with E-state index in [9.17, 15) is 4.79 Å². The molecule has 0 bridgehead atoms. The Kier molecular flexibility index (Phi) is 4.06. The van der Waals surface area contributed by atoms with Crippen molar-refractivity contribution in [1.82, 2.24) is 0 Å². The first-order valence-corrected chi connectivity index (χ1v) is 7.78. The average Bonchev–Trinajstić information content (AvgIpc) is 2.89. The Morgan fingerprint density at radius 2 is 1.83 bits per heavy atom. The Labute approximate surface area is 140 Å². The van der Waals surface area contributed by atoms with Crippen molar-refractivity contribution < 1.29 is 18.7 Å². The largest absolute Gasteiger partial charge is 0.496 e. The Bertz CT molecular complexity index is 926. The van der Waals surface area contributed by atoms with Gasteiger partial charge in [0.25, 0.3) is 0 Å². The molecule has 0 saturated carbocycles. The fraction of sp³-hybridized carbons (Fsp3) is 0.250. The van der Waals surface area contributed by atoms with Gasteiger partial charge in [0, 0.05) is 16.8 Å². The Morgan fingerprint density at radius 1 is 1.08 bits per heavy atom. The predicted octanol–water partition coefficient (Wildman–Crippen LogP) is 4.95. The molecular formula is C20H20O4. The molecule has 0 fully saturated rings. The molecule has 0 aliphatic rings. The van der Waals surface area contributed by atoms with Crippen molar-refractivity contribution in [2.45, 2.75) is 26.4 Å². The lowest BCUT2D eigenvalue weighted by Gasteiger charge is -2.17. The maximum Gasteiger partial charge on any atom is 0.331 e. The van der Waals surface area contributed by atoms with Gasteiger partial charge in [0.1, 0.15) is 22.5 Å². The maximum absolute atomic E-state index is 12.0. The highest BCUT2D eigenvalue weighted by atomic mass is 16.6. The topological polar surface area (TPSA) is 48.7 Å². The van der Waals surface area contributed by atoms with Crippen LogP contribution in [0.25, 0.3) is 28.0 Å². The molecule has 0 spiro atoms. The van der Waals surface area contributed by atoms with Crippen LogP contribution in [0.2, 0.25) is 0 Å². The van der Waals surface area contributed by atoms with E-state index >= 15 is 0 Å². The fourth-order valence-electron chi connectivity index (χ4n) is 2.61. The highest BCUT2D eigenvalue weighted by Gasteiger charge is 2.16. The number of ether oxygens (including phenoxy) is 2. The molecule has 0 N–H and O–H groups in total. The summed E-state index contributed by atoms with van der Waals surface area (Å²) in [5.41, 5.74) is 1.68. The van der Waals surface area contributed by atoms with Gasteiger partial charge < -0.3 is 13.9 Å². The van der Waals surface area contributed by atoms with Gasteiger partial charge in [-0.3, -0.25) is 0 Å². The molecule has 124 valence electrons. The van der Waals surface area contributed by atoms with Gasteiger partial charge in [-0.2, -0.15) is 0 Å². The first-order chi connectivity index (χ1) is 11.4. The molecule has 24 heavy (non-hydrogen) atoms. The van der Waals surface area contributed by atoms with Crippen LogP contribution in [0.5, 0.6) is 5.75 Å². The van der Waals surface area contributed by atoms with Crippen LogP contribution in [-0.2, 0) is 9.53 Å². The summed E-state index contributed by atoms with van der Waals surface area (Å²) in [7, 11) is 1.59. The van der Waals surface area contributed by atoms with Crippen molar-refractivity contribution in [3.8, 4) is 5.75 Å². The molecule has 4 nitrogen and oxygen atoms in total. The number of carbonyl (C=O) groups is 1. The lowest BCUT2D eigenvalue weighted by Crippen LogP contribution is -2.22. The second-order valence-electron chi connectivity index (χ2n) is 6.52. The third-order valence-corrected chi connectivity index (χ3v) is 3.56. The highest BCUT2D eigenvalue weighted by molar-refractivity contribution is 6.08. The first kappa shape index (κ1) is 16.1. The van der Waals surface area contributed by atoms with E-state index in [1.54, 1.807) is 13.2 Å². The van der Waals surface area contributed by atoms with E-state index in [0.29, 0.717) is 11.3 Å². The summed E-state index contributed by atoms with van der Waals surface area (Å²) in [6.07, 6.45) is 3.08. The minimum absolute atomic E-state index is 0.405. The number of rotatable bonds is 3. The van der Waals surface area contributed by atoms with E-state index < -0.39 is 11.6 Å². The van der Waals surface area contributed by atoms with Crippen LogP contribution in [0, 0.1) is 0 Å². The number of fused-ring (bicyclic) bond motifs is 3. The van der Waals surface area contributed by atoms with Gasteiger partial charge in [-0.1, -0.05) is 18.2 Å². The quantitative estimate of drug-likeness (QED) is 0.505. The average molecular weight is 324 g/mol. The van der Waals surface area contributed by atoms with Crippen molar-refractivity contribution in [3.63, 3.8) is 0 Å². The van der Waals surface area contributed by atoms with Crippen molar-refractivity contribution in [3.05, 3.63) is 48.0 Å². The monoisotopic (exact) mass is 324 g/mol. The molecule has 2 aromatic carbocycles. The summed E-state index contributed by atoms with van der Waals surface area (Å²) in [6.45, 7) is 5.50. The Hall–Kier alpha value is -2.75. The maximum atomic E-state index is 12.0. The van der Waals surface area contributed by atoms with E-state index in [0.717, 1.165) is 21.9 Å². The van der Waals surface area contributed by atoms with E-state index in [1.807, 2.05) is 57.2 Å². The summed E-state index contributed by atoms with van der Waals surface area (Å²) in [5, 5.41) is 2.01. The van der Waals surface area contributed by atoms with Crippen LogP contribution in [-0.4, -0.2) is 18.7 Å². The number of carbonyl (C=O) groups excluding carboxylic acids is 1. The third kappa shape index (κ3) is 3.13. The molecule has 1 aromatic heterocycles. The zero-order valence-corrected chi connectivity index (χ0v) is 14.3. The van der Waals surface area contributed by atoms with Gasteiger partial charge in [0.15, 0.2) is 0 Å². The number of hydrogen-bond acceptors (Lipinski definition) is 4. The molecule has 0 atom stereocenters. The van der Waals surface area contributed by atoms with Crippen LogP contribution in [0.15, 0.2) is 46.9 Å². The van der Waals surface area contributed by atoms with E-state index in [4.69, 9.17) is 13.9 Å². The fourth-order valence-corrected chi connectivity index (χ4v) is 2.61. The van der Waals surface area contributed by atoms with Crippen LogP contribution < -0.4 is 4.74 Å². The smallest absolute Gasteiger partial charge is 0.331 e. The SMILES string of the molecule is COc1ccc2c(oc3ccccc32)c1/C=C/C(=O)OC(C)(C)C. The summed E-state index contributed by atoms with van der Waals surface area (Å²) in [5.74, 6) is 0.235. The standard InChI is InChI=1S/C20H20O4/c1-20(2,3)24-18(21)12-10-15-16(22-4)11-9-14-13-7-5-6-8-17(13)23-19(14)15/h5-12H,1-4H3/b12-10+. The molecule has 0 saturated heterocycles. The van der Waals surface area contributed by atoms with Gasteiger partial charge >= 0.3 is 5.97 Å². The number of esters is 1. The van der Waals surface area contributed by atoms with E-state index in [1.165, 1.54) is 6.08 Å². The normalized spacial score (nSPS) is 12.2. The predicted molar refractivity (Wildman–Crippen MR) is 95.2 cm³/mol. The number of methoxy groups -OCH3 is 1.